The van der Waals surface area contributed by atoms with E-state index in [1.807, 2.05) is 13.8 Å². The maximum Gasteiger partial charge on any atom is 0.416 e. The Balaban J connectivity index is 1.81. The zero-order valence-corrected chi connectivity index (χ0v) is 24.6. The number of piperazine rings is 1. The minimum atomic E-state index is -4.67. The van der Waals surface area contributed by atoms with Gasteiger partial charge in [0.2, 0.25) is 10.0 Å². The molecular weight excluding hydrogens is 558 g/mol. The van der Waals surface area contributed by atoms with Crippen LogP contribution in [0.1, 0.15) is 50.9 Å². The Labute approximate surface area is 239 Å². The molecule has 0 saturated carbocycles. The molecule has 0 amide bonds. The number of rotatable bonds is 10. The number of hydrogen-bond donors (Lipinski definition) is 0. The summed E-state index contributed by atoms with van der Waals surface area (Å²) in [5.41, 5.74) is 0.989. The van der Waals surface area contributed by atoms with Crippen LogP contribution in [0, 0.1) is 5.82 Å². The number of nitrogens with zero attached hydrogens (tertiary/aromatic N) is 5. The Morgan fingerprint density at radius 2 is 1.66 bits per heavy atom. The zero-order valence-electron chi connectivity index (χ0n) is 23.8. The minimum Gasteiger partial charge on any atom is -0.354 e. The number of aromatic nitrogens is 2. The van der Waals surface area contributed by atoms with Gasteiger partial charge in [0, 0.05) is 50.9 Å². The van der Waals surface area contributed by atoms with E-state index in [0.717, 1.165) is 31.0 Å². The number of hydrogen-bond acceptors (Lipinski definition) is 5. The fraction of sp³-hybridized carbons (Fsp3) is 0.483. The van der Waals surface area contributed by atoms with Gasteiger partial charge in [-0.1, -0.05) is 19.9 Å². The van der Waals surface area contributed by atoms with Crippen molar-refractivity contribution in [2.75, 3.05) is 37.6 Å². The molecule has 0 bridgehead atoms. The third-order valence-corrected chi connectivity index (χ3v) is 9.24. The molecule has 1 aromatic heterocycles. The highest BCUT2D eigenvalue weighted by Gasteiger charge is 2.34. The van der Waals surface area contributed by atoms with Crippen molar-refractivity contribution >= 4 is 15.8 Å². The van der Waals surface area contributed by atoms with E-state index in [2.05, 4.69) is 23.6 Å². The molecule has 0 atom stereocenters. The second kappa shape index (κ2) is 12.5. The van der Waals surface area contributed by atoms with Crippen molar-refractivity contribution in [3.05, 3.63) is 71.2 Å². The van der Waals surface area contributed by atoms with Crippen LogP contribution < -0.4 is 4.90 Å². The first kappa shape index (κ1) is 31.0. The molecule has 41 heavy (non-hydrogen) atoms. The van der Waals surface area contributed by atoms with Gasteiger partial charge < -0.3 is 4.90 Å². The van der Waals surface area contributed by atoms with E-state index in [1.165, 1.54) is 22.5 Å². The maximum atomic E-state index is 13.8. The van der Waals surface area contributed by atoms with Crippen LogP contribution >= 0.6 is 0 Å². The Bertz CT molecular complexity index is 1430. The predicted molar refractivity (Wildman–Crippen MR) is 151 cm³/mol. The highest BCUT2D eigenvalue weighted by atomic mass is 32.2. The third-order valence-electron chi connectivity index (χ3n) is 7.40. The monoisotopic (exact) mass is 595 g/mol. The van der Waals surface area contributed by atoms with Gasteiger partial charge >= 0.3 is 6.18 Å². The Kier molecular flexibility index (Phi) is 9.45. The number of anilines is 1. The maximum absolute atomic E-state index is 13.8. The summed E-state index contributed by atoms with van der Waals surface area (Å²) in [6.07, 6.45) is -3.70. The van der Waals surface area contributed by atoms with Crippen LogP contribution in [0.15, 0.2) is 53.4 Å². The molecule has 0 unspecified atom stereocenters. The lowest BCUT2D eigenvalue weighted by Crippen LogP contribution is -2.49. The van der Waals surface area contributed by atoms with Gasteiger partial charge in [-0.05, 0) is 69.2 Å². The van der Waals surface area contributed by atoms with Crippen LogP contribution in [-0.4, -0.2) is 66.2 Å². The number of halogens is 4. The van der Waals surface area contributed by atoms with Crippen LogP contribution in [0.25, 0.3) is 5.69 Å². The average Bonchev–Trinajstić information content (AvgIpc) is 3.31. The SMILES string of the molecule is CCCN(Cc1c(CC)nn(-c2ccc(F)cc2)c1N1CCN(C(C)C)CC1)S(=O)(=O)c1cccc(C(F)(F)F)c1. The first-order valence-electron chi connectivity index (χ1n) is 13.9. The molecule has 1 aliphatic heterocycles. The lowest BCUT2D eigenvalue weighted by atomic mass is 10.1. The number of aryl methyl sites for hydroxylation is 1. The Morgan fingerprint density at radius 3 is 2.22 bits per heavy atom. The van der Waals surface area contributed by atoms with E-state index in [9.17, 15) is 26.0 Å². The van der Waals surface area contributed by atoms with Gasteiger partial charge in [-0.3, -0.25) is 4.90 Å². The number of benzene rings is 2. The van der Waals surface area contributed by atoms with E-state index in [0.29, 0.717) is 55.0 Å². The summed E-state index contributed by atoms with van der Waals surface area (Å²) < 4.78 is 84.6. The molecule has 3 aromatic rings. The molecular formula is C29H37F4N5O2S. The second-order valence-corrected chi connectivity index (χ2v) is 12.4. The summed E-state index contributed by atoms with van der Waals surface area (Å²) >= 11 is 0. The predicted octanol–water partition coefficient (Wildman–Crippen LogP) is 5.72. The van der Waals surface area contributed by atoms with E-state index in [4.69, 9.17) is 5.10 Å². The second-order valence-electron chi connectivity index (χ2n) is 10.5. The van der Waals surface area contributed by atoms with E-state index < -0.39 is 26.7 Å². The first-order chi connectivity index (χ1) is 19.4. The van der Waals surface area contributed by atoms with Gasteiger partial charge in [-0.25, -0.2) is 17.5 Å². The van der Waals surface area contributed by atoms with Gasteiger partial charge in [0.25, 0.3) is 0 Å². The number of alkyl halides is 3. The summed E-state index contributed by atoms with van der Waals surface area (Å²) in [5, 5.41) is 4.84. The summed E-state index contributed by atoms with van der Waals surface area (Å²) in [4.78, 5) is 4.12. The lowest BCUT2D eigenvalue weighted by Gasteiger charge is -2.38. The lowest BCUT2D eigenvalue weighted by molar-refractivity contribution is -0.137. The molecule has 1 saturated heterocycles. The molecule has 2 aromatic carbocycles. The molecule has 2 heterocycles. The Morgan fingerprint density at radius 1 is 1.00 bits per heavy atom. The van der Waals surface area contributed by atoms with Crippen molar-refractivity contribution in [3.8, 4) is 5.69 Å². The largest absolute Gasteiger partial charge is 0.416 e. The summed E-state index contributed by atoms with van der Waals surface area (Å²) in [7, 11) is -4.28. The van der Waals surface area contributed by atoms with Gasteiger partial charge in [0.15, 0.2) is 0 Å². The van der Waals surface area contributed by atoms with Crippen molar-refractivity contribution in [3.63, 3.8) is 0 Å². The summed E-state index contributed by atoms with van der Waals surface area (Å²) in [5.74, 6) is 0.336. The smallest absolute Gasteiger partial charge is 0.354 e. The molecule has 4 rings (SSSR count). The van der Waals surface area contributed by atoms with Crippen LogP contribution in [0.5, 0.6) is 0 Å². The van der Waals surface area contributed by atoms with Crippen molar-refractivity contribution < 1.29 is 26.0 Å². The molecule has 0 radical (unpaired) electrons. The zero-order chi connectivity index (χ0) is 29.9. The molecule has 7 nitrogen and oxygen atoms in total. The van der Waals surface area contributed by atoms with Crippen LogP contribution in [0.3, 0.4) is 0 Å². The fourth-order valence-electron chi connectivity index (χ4n) is 5.16. The standard InChI is InChI=1S/C29H37F4N5O2S/c1-5-14-37(41(39,40)25-9-7-8-22(19-25)29(31,32)33)20-26-27(6-2)34-38(24-12-10-23(30)11-13-24)28(26)36-17-15-35(16-18-36)21(3)4/h7-13,19,21H,5-6,14-18,20H2,1-4H3. The third kappa shape index (κ3) is 6.76. The molecule has 1 aliphatic rings. The van der Waals surface area contributed by atoms with Crippen molar-refractivity contribution in [1.29, 1.82) is 0 Å². The first-order valence-corrected chi connectivity index (χ1v) is 15.3. The summed E-state index contributed by atoms with van der Waals surface area (Å²) in [6.45, 7) is 11.0. The summed E-state index contributed by atoms with van der Waals surface area (Å²) in [6, 6.07) is 10.2. The highest BCUT2D eigenvalue weighted by Crippen LogP contribution is 2.34. The molecule has 1 fully saturated rings. The van der Waals surface area contributed by atoms with Crippen LogP contribution in [0.4, 0.5) is 23.4 Å². The fourth-order valence-corrected chi connectivity index (χ4v) is 6.71. The van der Waals surface area contributed by atoms with Gasteiger partial charge in [0.1, 0.15) is 11.6 Å². The van der Waals surface area contributed by atoms with E-state index in [1.54, 1.807) is 16.8 Å². The molecule has 12 heteroatoms. The van der Waals surface area contributed by atoms with Crippen LogP contribution in [0.2, 0.25) is 0 Å². The van der Waals surface area contributed by atoms with Crippen molar-refractivity contribution in [2.45, 2.75) is 64.2 Å². The minimum absolute atomic E-state index is 0.0590. The highest BCUT2D eigenvalue weighted by molar-refractivity contribution is 7.89. The van der Waals surface area contributed by atoms with Crippen molar-refractivity contribution in [1.82, 2.24) is 19.0 Å². The number of sulfonamides is 1. The normalized spacial score (nSPS) is 15.3. The molecule has 0 spiro atoms. The van der Waals surface area contributed by atoms with E-state index >= 15 is 0 Å². The average molecular weight is 596 g/mol. The van der Waals surface area contributed by atoms with E-state index in [-0.39, 0.29) is 18.9 Å². The quantitative estimate of drug-likeness (QED) is 0.281. The Hall–Kier alpha value is -2.96. The van der Waals surface area contributed by atoms with Gasteiger partial charge in [-0.15, -0.1) is 0 Å². The van der Waals surface area contributed by atoms with Gasteiger partial charge in [0.05, 0.1) is 21.8 Å². The topological polar surface area (TPSA) is 61.7 Å². The van der Waals surface area contributed by atoms with Crippen molar-refractivity contribution in [2.24, 2.45) is 0 Å². The van der Waals surface area contributed by atoms with Crippen LogP contribution in [-0.2, 0) is 29.2 Å². The van der Waals surface area contributed by atoms with Gasteiger partial charge in [-0.2, -0.15) is 22.6 Å². The molecule has 224 valence electrons. The molecule has 0 N–H and O–H groups in total. The molecule has 0 aliphatic carbocycles.